The molecule has 6 nitrogen and oxygen atoms in total. The highest BCUT2D eigenvalue weighted by molar-refractivity contribution is 5.88. The first kappa shape index (κ1) is 12.4. The normalized spacial score (nSPS) is 10.8. The molecule has 20 heavy (non-hydrogen) atoms. The monoisotopic (exact) mass is 268 g/mol. The van der Waals surface area contributed by atoms with Gasteiger partial charge in [0, 0.05) is 5.69 Å². The number of anilines is 3. The van der Waals surface area contributed by atoms with Gasteiger partial charge in [0.05, 0.1) is 11.6 Å². The first-order valence-corrected chi connectivity index (χ1v) is 6.59. The van der Waals surface area contributed by atoms with Crippen molar-refractivity contribution in [1.82, 2.24) is 20.2 Å². The summed E-state index contributed by atoms with van der Waals surface area (Å²) < 4.78 is 0. The molecular weight excluding hydrogens is 252 g/mol. The van der Waals surface area contributed by atoms with Crippen molar-refractivity contribution in [3.8, 4) is 0 Å². The summed E-state index contributed by atoms with van der Waals surface area (Å²) in [5.74, 6) is 0.872. The zero-order valence-corrected chi connectivity index (χ0v) is 11.2. The summed E-state index contributed by atoms with van der Waals surface area (Å²) in [6.45, 7) is 2.17. The summed E-state index contributed by atoms with van der Waals surface area (Å²) in [4.78, 5) is 8.31. The van der Waals surface area contributed by atoms with Gasteiger partial charge in [-0.2, -0.15) is 15.1 Å². The summed E-state index contributed by atoms with van der Waals surface area (Å²) in [5, 5.41) is 10.8. The van der Waals surface area contributed by atoms with Gasteiger partial charge in [-0.25, -0.2) is 0 Å². The Labute approximate surface area is 116 Å². The lowest BCUT2D eigenvalue weighted by molar-refractivity contribution is 0.922. The van der Waals surface area contributed by atoms with E-state index in [1.807, 2.05) is 12.1 Å². The molecule has 0 unspecified atom stereocenters. The number of aromatic amines is 1. The Morgan fingerprint density at radius 3 is 2.75 bits per heavy atom. The number of nitrogens with one attached hydrogen (secondary N) is 2. The minimum absolute atomic E-state index is 0.215. The fraction of sp³-hybridized carbons (Fsp3) is 0.214. The Morgan fingerprint density at radius 1 is 1.20 bits per heavy atom. The highest BCUT2D eigenvalue weighted by atomic mass is 15.2. The van der Waals surface area contributed by atoms with Gasteiger partial charge in [0.25, 0.3) is 0 Å². The molecule has 0 aliphatic heterocycles. The predicted molar refractivity (Wildman–Crippen MR) is 79.8 cm³/mol. The fourth-order valence-corrected chi connectivity index (χ4v) is 2.13. The molecule has 0 radical (unpaired) electrons. The molecule has 0 spiro atoms. The second-order valence-electron chi connectivity index (χ2n) is 4.63. The average Bonchev–Trinajstić information content (AvgIpc) is 2.89. The summed E-state index contributed by atoms with van der Waals surface area (Å²) >= 11 is 0. The minimum Gasteiger partial charge on any atom is -0.368 e. The molecule has 0 aliphatic rings. The van der Waals surface area contributed by atoms with Crippen molar-refractivity contribution < 1.29 is 0 Å². The van der Waals surface area contributed by atoms with E-state index in [-0.39, 0.29) is 5.95 Å². The van der Waals surface area contributed by atoms with Gasteiger partial charge >= 0.3 is 0 Å². The van der Waals surface area contributed by atoms with Gasteiger partial charge in [-0.05, 0) is 24.1 Å². The van der Waals surface area contributed by atoms with E-state index < -0.39 is 0 Å². The van der Waals surface area contributed by atoms with Crippen LogP contribution < -0.4 is 11.1 Å². The molecule has 0 saturated heterocycles. The molecule has 2 heterocycles. The number of rotatable bonds is 4. The maximum Gasteiger partial charge on any atom is 0.224 e. The van der Waals surface area contributed by atoms with Gasteiger partial charge in [0.2, 0.25) is 5.95 Å². The van der Waals surface area contributed by atoms with Crippen molar-refractivity contribution in [2.75, 3.05) is 11.1 Å². The second kappa shape index (κ2) is 5.16. The van der Waals surface area contributed by atoms with Crippen LogP contribution in [0.5, 0.6) is 0 Å². The Morgan fingerprint density at radius 2 is 2.00 bits per heavy atom. The fourth-order valence-electron chi connectivity index (χ4n) is 2.13. The molecule has 4 N–H and O–H groups in total. The maximum atomic E-state index is 5.69. The number of H-pyrrole nitrogens is 1. The van der Waals surface area contributed by atoms with Gasteiger partial charge in [-0.1, -0.05) is 25.5 Å². The molecule has 0 aliphatic carbocycles. The topological polar surface area (TPSA) is 92.5 Å². The molecule has 3 aromatic rings. The lowest BCUT2D eigenvalue weighted by atomic mass is 10.1. The quantitative estimate of drug-likeness (QED) is 0.676. The largest absolute Gasteiger partial charge is 0.368 e. The first-order chi connectivity index (χ1) is 9.76. The molecule has 0 saturated carbocycles. The van der Waals surface area contributed by atoms with Crippen molar-refractivity contribution in [3.63, 3.8) is 0 Å². The third kappa shape index (κ3) is 2.40. The van der Waals surface area contributed by atoms with Gasteiger partial charge in [-0.3, -0.25) is 5.10 Å². The number of hydrogen-bond acceptors (Lipinski definition) is 5. The van der Waals surface area contributed by atoms with Crippen LogP contribution in [0.2, 0.25) is 0 Å². The maximum absolute atomic E-state index is 5.69. The Balaban J connectivity index is 1.90. The number of nitrogens with zero attached hydrogens (tertiary/aromatic N) is 3. The lowest BCUT2D eigenvalue weighted by Gasteiger charge is -2.08. The standard InChI is InChI=1S/C14H16N6/c1-2-3-9-4-6-10(7-5-9)17-12-11-8-16-20-13(11)19-14(15)18-12/h4-8H,2-3H2,1H3,(H4,15,16,17,18,19,20). The van der Waals surface area contributed by atoms with Crippen molar-refractivity contribution in [3.05, 3.63) is 36.0 Å². The Hall–Kier alpha value is -2.63. The molecule has 0 atom stereocenters. The molecule has 0 bridgehead atoms. The highest BCUT2D eigenvalue weighted by Gasteiger charge is 2.08. The summed E-state index contributed by atoms with van der Waals surface area (Å²) in [6.07, 6.45) is 3.92. The zero-order valence-electron chi connectivity index (χ0n) is 11.2. The minimum atomic E-state index is 0.215. The van der Waals surface area contributed by atoms with E-state index in [2.05, 4.69) is 44.5 Å². The van der Waals surface area contributed by atoms with E-state index in [0.717, 1.165) is 23.9 Å². The predicted octanol–water partition coefficient (Wildman–Crippen LogP) is 2.63. The summed E-state index contributed by atoms with van der Waals surface area (Å²) in [7, 11) is 0. The van der Waals surface area contributed by atoms with Crippen molar-refractivity contribution in [2.45, 2.75) is 19.8 Å². The molecule has 102 valence electrons. The number of hydrogen-bond donors (Lipinski definition) is 3. The third-order valence-corrected chi connectivity index (χ3v) is 3.08. The van der Waals surface area contributed by atoms with Crippen LogP contribution in [0.3, 0.4) is 0 Å². The number of aromatic nitrogens is 4. The SMILES string of the molecule is CCCc1ccc(Nc2nc(N)nc3[nH]ncc23)cc1. The van der Waals surface area contributed by atoms with Crippen LogP contribution in [0.4, 0.5) is 17.5 Å². The van der Waals surface area contributed by atoms with E-state index in [9.17, 15) is 0 Å². The molecule has 0 fully saturated rings. The van der Waals surface area contributed by atoms with Crippen LogP contribution in [-0.4, -0.2) is 20.2 Å². The highest BCUT2D eigenvalue weighted by Crippen LogP contribution is 2.23. The van der Waals surface area contributed by atoms with Gasteiger partial charge in [0.15, 0.2) is 5.65 Å². The smallest absolute Gasteiger partial charge is 0.224 e. The van der Waals surface area contributed by atoms with E-state index in [1.165, 1.54) is 5.56 Å². The molecule has 0 amide bonds. The van der Waals surface area contributed by atoms with Crippen molar-refractivity contribution in [2.24, 2.45) is 0 Å². The van der Waals surface area contributed by atoms with Gasteiger partial charge in [0.1, 0.15) is 5.82 Å². The molecular formula is C14H16N6. The van der Waals surface area contributed by atoms with Gasteiger partial charge < -0.3 is 11.1 Å². The summed E-state index contributed by atoms with van der Waals surface area (Å²) in [5.41, 5.74) is 8.61. The van der Waals surface area contributed by atoms with Crippen LogP contribution in [-0.2, 0) is 6.42 Å². The average molecular weight is 268 g/mol. The van der Waals surface area contributed by atoms with E-state index in [0.29, 0.717) is 11.5 Å². The molecule has 2 aromatic heterocycles. The van der Waals surface area contributed by atoms with Crippen LogP contribution >= 0.6 is 0 Å². The van der Waals surface area contributed by atoms with Crippen LogP contribution in [0.1, 0.15) is 18.9 Å². The Kier molecular flexibility index (Phi) is 3.20. The number of fused-ring (bicyclic) bond motifs is 1. The number of aryl methyl sites for hydroxylation is 1. The van der Waals surface area contributed by atoms with E-state index in [1.54, 1.807) is 6.20 Å². The van der Waals surface area contributed by atoms with Crippen LogP contribution in [0.25, 0.3) is 11.0 Å². The van der Waals surface area contributed by atoms with E-state index >= 15 is 0 Å². The molecule has 3 rings (SSSR count). The second-order valence-corrected chi connectivity index (χ2v) is 4.63. The summed E-state index contributed by atoms with van der Waals surface area (Å²) in [6, 6.07) is 8.30. The van der Waals surface area contributed by atoms with Crippen LogP contribution in [0, 0.1) is 0 Å². The van der Waals surface area contributed by atoms with Crippen LogP contribution in [0.15, 0.2) is 30.5 Å². The number of nitrogens with two attached hydrogens (primary N) is 1. The molecule has 1 aromatic carbocycles. The van der Waals surface area contributed by atoms with Crippen molar-refractivity contribution >= 4 is 28.5 Å². The molecule has 6 heteroatoms. The Bertz CT molecular complexity index is 716. The van der Waals surface area contributed by atoms with E-state index in [4.69, 9.17) is 5.73 Å². The number of benzene rings is 1. The van der Waals surface area contributed by atoms with Gasteiger partial charge in [-0.15, -0.1) is 0 Å². The third-order valence-electron chi connectivity index (χ3n) is 3.08. The lowest BCUT2D eigenvalue weighted by Crippen LogP contribution is -2.00. The van der Waals surface area contributed by atoms with Crippen molar-refractivity contribution in [1.29, 1.82) is 0 Å². The zero-order chi connectivity index (χ0) is 13.9. The first-order valence-electron chi connectivity index (χ1n) is 6.59. The number of nitrogen functional groups attached to an aromatic ring is 1.